The fraction of sp³-hybridized carbons (Fsp3) is 0.462. The molecule has 3 heteroatoms. The van der Waals surface area contributed by atoms with Crippen LogP contribution in [0.15, 0.2) is 22.7 Å². The van der Waals surface area contributed by atoms with Gasteiger partial charge in [-0.15, -0.1) is 0 Å². The molecule has 1 aliphatic carbocycles. The maximum absolute atomic E-state index is 11.5. The quantitative estimate of drug-likeness (QED) is 0.901. The normalized spacial score (nSPS) is 26.5. The zero-order chi connectivity index (χ0) is 12.1. The van der Waals surface area contributed by atoms with Crippen LogP contribution in [0, 0.1) is 12.3 Å². The van der Waals surface area contributed by atoms with E-state index in [1.165, 1.54) is 0 Å². The number of carbonyl (C=O) groups is 1. The van der Waals surface area contributed by atoms with Gasteiger partial charge in [-0.05, 0) is 42.0 Å². The summed E-state index contributed by atoms with van der Waals surface area (Å²) in [6, 6.07) is 5.90. The predicted octanol–water partition coefficient (Wildman–Crippen LogP) is 3.51. The van der Waals surface area contributed by atoms with Gasteiger partial charge in [0, 0.05) is 4.47 Å². The van der Waals surface area contributed by atoms with E-state index in [9.17, 15) is 9.90 Å². The van der Waals surface area contributed by atoms with Crippen LogP contribution in [0.5, 0.6) is 0 Å². The maximum atomic E-state index is 11.5. The van der Waals surface area contributed by atoms with Gasteiger partial charge in [-0.1, -0.05) is 35.8 Å². The lowest BCUT2D eigenvalue weighted by atomic mass is 9.87. The van der Waals surface area contributed by atoms with Gasteiger partial charge in [0.1, 0.15) is 0 Å². The molecule has 16 heavy (non-hydrogen) atoms. The summed E-state index contributed by atoms with van der Waals surface area (Å²) in [5, 5.41) is 9.46. The molecule has 0 radical (unpaired) electrons. The molecule has 1 N–H and O–H groups in total. The van der Waals surface area contributed by atoms with E-state index >= 15 is 0 Å². The summed E-state index contributed by atoms with van der Waals surface area (Å²) in [6.45, 7) is 6.01. The van der Waals surface area contributed by atoms with Crippen molar-refractivity contribution in [1.82, 2.24) is 0 Å². The Balaban J connectivity index is 2.55. The molecule has 0 spiro atoms. The fourth-order valence-electron chi connectivity index (χ4n) is 2.58. The molecule has 1 aromatic carbocycles. The van der Waals surface area contributed by atoms with Crippen LogP contribution in [-0.2, 0) is 10.2 Å². The van der Waals surface area contributed by atoms with Crippen LogP contribution < -0.4 is 0 Å². The number of aryl methyl sites for hydroxylation is 1. The van der Waals surface area contributed by atoms with Crippen molar-refractivity contribution in [3.63, 3.8) is 0 Å². The van der Waals surface area contributed by atoms with Gasteiger partial charge in [-0.25, -0.2) is 0 Å². The van der Waals surface area contributed by atoms with Crippen LogP contribution in [0.25, 0.3) is 0 Å². The van der Waals surface area contributed by atoms with Gasteiger partial charge in [0.2, 0.25) is 0 Å². The third kappa shape index (κ3) is 1.49. The molecule has 0 aliphatic heterocycles. The van der Waals surface area contributed by atoms with Gasteiger partial charge in [-0.2, -0.15) is 0 Å². The third-order valence-electron chi connectivity index (χ3n) is 3.64. The molecule has 0 heterocycles. The van der Waals surface area contributed by atoms with E-state index < -0.39 is 11.4 Å². The highest BCUT2D eigenvalue weighted by atomic mass is 79.9. The molecule has 1 unspecified atom stereocenters. The SMILES string of the molecule is Cc1cc(Br)cc(C2(C(=O)O)CC2(C)C)c1. The molecule has 2 rings (SSSR count). The van der Waals surface area contributed by atoms with Crippen molar-refractivity contribution in [3.05, 3.63) is 33.8 Å². The molecule has 1 aliphatic rings. The topological polar surface area (TPSA) is 37.3 Å². The molecule has 0 bridgehead atoms. The van der Waals surface area contributed by atoms with Crippen molar-refractivity contribution in [2.75, 3.05) is 0 Å². The Morgan fingerprint density at radius 1 is 1.38 bits per heavy atom. The summed E-state index contributed by atoms with van der Waals surface area (Å²) in [5.41, 5.74) is 1.16. The summed E-state index contributed by atoms with van der Waals surface area (Å²) in [7, 11) is 0. The largest absolute Gasteiger partial charge is 0.481 e. The van der Waals surface area contributed by atoms with Gasteiger partial charge < -0.3 is 5.11 Å². The lowest BCUT2D eigenvalue weighted by molar-refractivity contribution is -0.141. The van der Waals surface area contributed by atoms with Crippen LogP contribution >= 0.6 is 15.9 Å². The van der Waals surface area contributed by atoms with Crippen LogP contribution in [0.4, 0.5) is 0 Å². The average Bonchev–Trinajstić information content (AvgIpc) is 2.69. The van der Waals surface area contributed by atoms with Gasteiger partial charge in [0.15, 0.2) is 0 Å². The Morgan fingerprint density at radius 2 is 1.94 bits per heavy atom. The van der Waals surface area contributed by atoms with Gasteiger partial charge in [0.25, 0.3) is 0 Å². The van der Waals surface area contributed by atoms with Gasteiger partial charge in [0.05, 0.1) is 5.41 Å². The van der Waals surface area contributed by atoms with E-state index in [4.69, 9.17) is 0 Å². The minimum absolute atomic E-state index is 0.147. The Bertz CT molecular complexity index is 445. The van der Waals surface area contributed by atoms with Crippen molar-refractivity contribution >= 4 is 21.9 Å². The first-order valence-corrected chi connectivity index (χ1v) is 6.10. The van der Waals surface area contributed by atoms with Crippen LogP contribution in [0.2, 0.25) is 0 Å². The second kappa shape index (κ2) is 3.33. The highest BCUT2D eigenvalue weighted by Gasteiger charge is 2.67. The van der Waals surface area contributed by atoms with Crippen molar-refractivity contribution < 1.29 is 9.90 Å². The molecule has 0 amide bonds. The van der Waals surface area contributed by atoms with Crippen molar-refractivity contribution in [2.45, 2.75) is 32.6 Å². The molecule has 86 valence electrons. The molecule has 2 nitrogen and oxygen atoms in total. The van der Waals surface area contributed by atoms with E-state index in [1.54, 1.807) is 0 Å². The number of aliphatic carboxylic acids is 1. The van der Waals surface area contributed by atoms with E-state index in [1.807, 2.05) is 39.0 Å². The van der Waals surface area contributed by atoms with Gasteiger partial charge >= 0.3 is 5.97 Å². The summed E-state index contributed by atoms with van der Waals surface area (Å²) < 4.78 is 0.950. The molecule has 1 fully saturated rings. The standard InChI is InChI=1S/C13H15BrO2/c1-8-4-9(6-10(14)5-8)13(11(15)16)7-12(13,2)3/h4-6H,7H2,1-3H3,(H,15,16). The first-order chi connectivity index (χ1) is 7.29. The van der Waals surface area contributed by atoms with Crippen molar-refractivity contribution in [1.29, 1.82) is 0 Å². The van der Waals surface area contributed by atoms with Crippen LogP contribution in [-0.4, -0.2) is 11.1 Å². The summed E-state index contributed by atoms with van der Waals surface area (Å²) >= 11 is 3.43. The van der Waals surface area contributed by atoms with E-state index in [0.717, 1.165) is 15.6 Å². The minimum atomic E-state index is -0.713. The molecule has 1 aromatic rings. The lowest BCUT2D eigenvalue weighted by Gasteiger charge is -2.17. The van der Waals surface area contributed by atoms with Crippen LogP contribution in [0.3, 0.4) is 0 Å². The molecular weight excluding hydrogens is 268 g/mol. The third-order valence-corrected chi connectivity index (χ3v) is 4.10. The molecule has 1 atom stereocenters. The number of carboxylic acid groups (broad SMARTS) is 1. The Kier molecular flexibility index (Phi) is 2.42. The van der Waals surface area contributed by atoms with Gasteiger partial charge in [-0.3, -0.25) is 4.79 Å². The highest BCUT2D eigenvalue weighted by molar-refractivity contribution is 9.10. The molecule has 0 aromatic heterocycles. The number of benzene rings is 1. The zero-order valence-corrected chi connectivity index (χ0v) is 11.3. The first kappa shape index (κ1) is 11.6. The Morgan fingerprint density at radius 3 is 2.31 bits per heavy atom. The fourth-order valence-corrected chi connectivity index (χ4v) is 3.19. The second-order valence-corrected chi connectivity index (χ2v) is 6.20. The minimum Gasteiger partial charge on any atom is -0.481 e. The number of rotatable bonds is 2. The number of hydrogen-bond donors (Lipinski definition) is 1. The predicted molar refractivity (Wildman–Crippen MR) is 66.6 cm³/mol. The average molecular weight is 283 g/mol. The lowest BCUT2D eigenvalue weighted by Crippen LogP contribution is -2.25. The van der Waals surface area contributed by atoms with E-state index in [2.05, 4.69) is 15.9 Å². The number of hydrogen-bond acceptors (Lipinski definition) is 1. The molecule has 1 saturated carbocycles. The highest BCUT2D eigenvalue weighted by Crippen LogP contribution is 2.64. The number of halogens is 1. The molecular formula is C13H15BrO2. The van der Waals surface area contributed by atoms with Crippen LogP contribution in [0.1, 0.15) is 31.4 Å². The van der Waals surface area contributed by atoms with Crippen molar-refractivity contribution in [3.8, 4) is 0 Å². The Labute approximate surface area is 104 Å². The first-order valence-electron chi connectivity index (χ1n) is 5.31. The monoisotopic (exact) mass is 282 g/mol. The second-order valence-electron chi connectivity index (χ2n) is 5.29. The Hall–Kier alpha value is -0.830. The van der Waals surface area contributed by atoms with Crippen molar-refractivity contribution in [2.24, 2.45) is 5.41 Å². The van der Waals surface area contributed by atoms with E-state index in [-0.39, 0.29) is 5.41 Å². The summed E-state index contributed by atoms with van der Waals surface area (Å²) in [4.78, 5) is 11.5. The summed E-state index contributed by atoms with van der Waals surface area (Å²) in [6.07, 6.45) is 0.714. The van der Waals surface area contributed by atoms with E-state index in [0.29, 0.717) is 6.42 Å². The smallest absolute Gasteiger partial charge is 0.314 e. The molecule has 0 saturated heterocycles. The summed E-state index contributed by atoms with van der Waals surface area (Å²) in [5.74, 6) is -0.713. The number of carboxylic acids is 1. The maximum Gasteiger partial charge on any atom is 0.314 e. The zero-order valence-electron chi connectivity index (χ0n) is 9.67.